The Morgan fingerprint density at radius 1 is 1.18 bits per heavy atom. The second-order valence-corrected chi connectivity index (χ2v) is 8.93. The minimum Gasteiger partial charge on any atom is -0.461 e. The van der Waals surface area contributed by atoms with Crippen LogP contribution in [0.2, 0.25) is 5.02 Å². The zero-order chi connectivity index (χ0) is 20.1. The fourth-order valence-electron chi connectivity index (χ4n) is 3.08. The van der Waals surface area contributed by atoms with E-state index < -0.39 is 10.0 Å². The van der Waals surface area contributed by atoms with Crippen LogP contribution in [0.25, 0.3) is 0 Å². The largest absolute Gasteiger partial charge is 0.461 e. The van der Waals surface area contributed by atoms with Crippen molar-refractivity contribution in [2.45, 2.75) is 24.3 Å². The van der Waals surface area contributed by atoms with Gasteiger partial charge in [-0.1, -0.05) is 23.7 Å². The molecule has 3 rings (SSSR count). The molecule has 0 N–H and O–H groups in total. The van der Waals surface area contributed by atoms with Gasteiger partial charge in [0.15, 0.2) is 0 Å². The number of nitrogens with zero attached hydrogens (tertiary/aromatic N) is 2. The first kappa shape index (κ1) is 20.3. The number of carbonyl (C=O) groups is 1. The minimum atomic E-state index is -3.64. The van der Waals surface area contributed by atoms with Crippen molar-refractivity contribution in [3.05, 3.63) is 64.7 Å². The lowest BCUT2D eigenvalue weighted by atomic mass is 9.98. The lowest BCUT2D eigenvalue weighted by Crippen LogP contribution is -2.40. The van der Waals surface area contributed by atoms with Gasteiger partial charge in [0.25, 0.3) is 0 Å². The highest BCUT2D eigenvalue weighted by Crippen LogP contribution is 2.25. The number of ether oxygens (including phenoxy) is 1. The van der Waals surface area contributed by atoms with E-state index in [1.54, 1.807) is 18.2 Å². The van der Waals surface area contributed by atoms with Crippen LogP contribution >= 0.6 is 11.6 Å². The quantitative estimate of drug-likeness (QED) is 0.695. The molecule has 146 valence electrons. The van der Waals surface area contributed by atoms with Crippen molar-refractivity contribution in [1.82, 2.24) is 4.31 Å². The Balaban J connectivity index is 1.55. The lowest BCUT2D eigenvalue weighted by Gasteiger charge is -2.30. The van der Waals surface area contributed by atoms with Gasteiger partial charge in [-0.15, -0.1) is 0 Å². The minimum absolute atomic E-state index is 0.142. The molecule has 1 aliphatic heterocycles. The van der Waals surface area contributed by atoms with Crippen LogP contribution in [-0.4, -0.2) is 31.8 Å². The highest BCUT2D eigenvalue weighted by Gasteiger charge is 2.32. The fourth-order valence-corrected chi connectivity index (χ4v) is 4.76. The Bertz CT molecular complexity index is 992. The molecular formula is C20H19ClN2O4S. The molecule has 0 aliphatic carbocycles. The standard InChI is InChI=1S/C20H19ClN2O4S/c21-18-3-1-2-16(12-18)14-27-20(24)17-8-10-23(11-9-17)28(25,26)19-6-4-15(13-22)5-7-19/h1-7,12,17H,8-11,14H2. The van der Waals surface area contributed by atoms with Gasteiger partial charge in [0.05, 0.1) is 22.4 Å². The molecule has 6 nitrogen and oxygen atoms in total. The van der Waals surface area contributed by atoms with E-state index in [9.17, 15) is 13.2 Å². The first-order valence-corrected chi connectivity index (χ1v) is 10.6. The summed E-state index contributed by atoms with van der Waals surface area (Å²) in [6, 6.07) is 14.9. The molecule has 0 bridgehead atoms. The van der Waals surface area contributed by atoms with Crippen molar-refractivity contribution in [2.75, 3.05) is 13.1 Å². The van der Waals surface area contributed by atoms with E-state index in [0.29, 0.717) is 23.4 Å². The van der Waals surface area contributed by atoms with Crippen LogP contribution in [0.3, 0.4) is 0 Å². The maximum atomic E-state index is 12.7. The molecule has 0 unspecified atom stereocenters. The summed E-state index contributed by atoms with van der Waals surface area (Å²) in [4.78, 5) is 12.4. The topological polar surface area (TPSA) is 87.5 Å². The summed E-state index contributed by atoms with van der Waals surface area (Å²) in [5, 5.41) is 9.41. The van der Waals surface area contributed by atoms with Crippen molar-refractivity contribution in [2.24, 2.45) is 5.92 Å². The zero-order valence-electron chi connectivity index (χ0n) is 15.0. The van der Waals surface area contributed by atoms with Crippen molar-refractivity contribution in [1.29, 1.82) is 5.26 Å². The van der Waals surface area contributed by atoms with Crippen LogP contribution in [-0.2, 0) is 26.2 Å². The summed E-state index contributed by atoms with van der Waals surface area (Å²) in [5.41, 5.74) is 1.21. The number of rotatable bonds is 5. The molecule has 0 spiro atoms. The Hall–Kier alpha value is -2.40. The number of halogens is 1. The van der Waals surface area contributed by atoms with Crippen molar-refractivity contribution in [3.63, 3.8) is 0 Å². The van der Waals surface area contributed by atoms with E-state index in [4.69, 9.17) is 21.6 Å². The third-order valence-corrected chi connectivity index (χ3v) is 6.83. The van der Waals surface area contributed by atoms with Crippen molar-refractivity contribution >= 4 is 27.6 Å². The van der Waals surface area contributed by atoms with Gasteiger partial charge in [-0.25, -0.2) is 8.42 Å². The number of sulfonamides is 1. The van der Waals surface area contributed by atoms with E-state index in [-0.39, 0.29) is 36.5 Å². The molecule has 1 aliphatic rings. The predicted molar refractivity (Wildman–Crippen MR) is 104 cm³/mol. The first-order chi connectivity index (χ1) is 13.4. The second kappa shape index (κ2) is 8.74. The van der Waals surface area contributed by atoms with Gasteiger partial charge in [0.2, 0.25) is 10.0 Å². The van der Waals surface area contributed by atoms with Gasteiger partial charge in [-0.2, -0.15) is 9.57 Å². The Kier molecular flexibility index (Phi) is 6.35. The van der Waals surface area contributed by atoms with Gasteiger partial charge in [-0.05, 0) is 54.8 Å². The Morgan fingerprint density at radius 2 is 1.86 bits per heavy atom. The normalized spacial score (nSPS) is 15.7. The molecule has 2 aromatic carbocycles. The molecule has 0 aromatic heterocycles. The SMILES string of the molecule is N#Cc1ccc(S(=O)(=O)N2CCC(C(=O)OCc3cccc(Cl)c3)CC2)cc1. The van der Waals surface area contributed by atoms with E-state index in [1.165, 1.54) is 28.6 Å². The number of piperidine rings is 1. The molecule has 1 fully saturated rings. The van der Waals surface area contributed by atoms with Crippen LogP contribution < -0.4 is 0 Å². The van der Waals surface area contributed by atoms with Crippen LogP contribution in [0.5, 0.6) is 0 Å². The predicted octanol–water partition coefficient (Wildman–Crippen LogP) is 3.36. The lowest BCUT2D eigenvalue weighted by molar-refractivity contribution is -0.151. The number of hydrogen-bond donors (Lipinski definition) is 0. The molecule has 2 aromatic rings. The summed E-state index contributed by atoms with van der Waals surface area (Å²) in [6.45, 7) is 0.641. The van der Waals surface area contributed by atoms with E-state index >= 15 is 0 Å². The fraction of sp³-hybridized carbons (Fsp3) is 0.300. The number of carbonyl (C=O) groups excluding carboxylic acids is 1. The summed E-state index contributed by atoms with van der Waals surface area (Å²) in [6.07, 6.45) is 0.813. The monoisotopic (exact) mass is 418 g/mol. The first-order valence-electron chi connectivity index (χ1n) is 8.81. The molecule has 1 saturated heterocycles. The maximum absolute atomic E-state index is 12.7. The molecule has 28 heavy (non-hydrogen) atoms. The number of esters is 1. The average Bonchev–Trinajstić information content (AvgIpc) is 2.72. The van der Waals surface area contributed by atoms with Crippen molar-refractivity contribution in [3.8, 4) is 6.07 Å². The number of benzene rings is 2. The Labute approximate surface area is 169 Å². The molecule has 1 heterocycles. The van der Waals surface area contributed by atoms with Crippen LogP contribution in [0, 0.1) is 17.2 Å². The summed E-state index contributed by atoms with van der Waals surface area (Å²) < 4.78 is 32.2. The molecule has 0 atom stereocenters. The van der Waals surface area contributed by atoms with Crippen LogP contribution in [0.1, 0.15) is 24.0 Å². The number of nitriles is 1. The highest BCUT2D eigenvalue weighted by molar-refractivity contribution is 7.89. The maximum Gasteiger partial charge on any atom is 0.309 e. The van der Waals surface area contributed by atoms with E-state index in [1.807, 2.05) is 12.1 Å². The second-order valence-electron chi connectivity index (χ2n) is 6.55. The zero-order valence-corrected chi connectivity index (χ0v) is 16.6. The summed E-state index contributed by atoms with van der Waals surface area (Å²) in [5.74, 6) is -0.651. The summed E-state index contributed by atoms with van der Waals surface area (Å²) >= 11 is 5.92. The number of hydrogen-bond acceptors (Lipinski definition) is 5. The van der Waals surface area contributed by atoms with Gasteiger partial charge >= 0.3 is 5.97 Å². The Morgan fingerprint density at radius 3 is 2.46 bits per heavy atom. The van der Waals surface area contributed by atoms with Gasteiger partial charge < -0.3 is 4.74 Å². The van der Waals surface area contributed by atoms with Gasteiger partial charge in [0.1, 0.15) is 6.61 Å². The third kappa shape index (κ3) is 4.71. The average molecular weight is 419 g/mol. The van der Waals surface area contributed by atoms with Crippen LogP contribution in [0.15, 0.2) is 53.4 Å². The molecular weight excluding hydrogens is 400 g/mol. The third-order valence-electron chi connectivity index (χ3n) is 4.68. The smallest absolute Gasteiger partial charge is 0.309 e. The van der Waals surface area contributed by atoms with E-state index in [0.717, 1.165) is 5.56 Å². The molecule has 0 radical (unpaired) electrons. The van der Waals surface area contributed by atoms with E-state index in [2.05, 4.69) is 0 Å². The molecule has 8 heteroatoms. The van der Waals surface area contributed by atoms with Gasteiger partial charge in [-0.3, -0.25) is 4.79 Å². The molecule has 0 amide bonds. The summed E-state index contributed by atoms with van der Waals surface area (Å²) in [7, 11) is -3.64. The van der Waals surface area contributed by atoms with Crippen molar-refractivity contribution < 1.29 is 17.9 Å². The highest BCUT2D eigenvalue weighted by atomic mass is 35.5. The van der Waals surface area contributed by atoms with Gasteiger partial charge in [0, 0.05) is 18.1 Å². The molecule has 0 saturated carbocycles. The van der Waals surface area contributed by atoms with Crippen LogP contribution in [0.4, 0.5) is 0 Å².